The molecular weight excluding hydrogens is 406 g/mol. The van der Waals surface area contributed by atoms with E-state index in [-0.39, 0.29) is 0 Å². The lowest BCUT2D eigenvalue weighted by atomic mass is 10.1. The number of aryl methyl sites for hydroxylation is 1. The van der Waals surface area contributed by atoms with Crippen molar-refractivity contribution >= 4 is 0 Å². The van der Waals surface area contributed by atoms with Crippen molar-refractivity contribution in [3.05, 3.63) is 48.7 Å². The Kier molecular flexibility index (Phi) is 4.90. The van der Waals surface area contributed by atoms with E-state index in [0.29, 0.717) is 34.0 Å². The fourth-order valence-corrected chi connectivity index (χ4v) is 2.86. The predicted molar refractivity (Wildman–Crippen MR) is 96.6 cm³/mol. The Hall–Kier alpha value is -3.83. The van der Waals surface area contributed by atoms with Gasteiger partial charge in [0.15, 0.2) is 18.2 Å². The van der Waals surface area contributed by atoms with Gasteiger partial charge in [0.05, 0.1) is 17.7 Å². The number of imidazole rings is 1. The number of aromatic amines is 1. The fraction of sp³-hybridized carbons (Fsp3) is 0.167. The molecule has 0 aliphatic carbocycles. The third-order valence-electron chi connectivity index (χ3n) is 4.14. The van der Waals surface area contributed by atoms with Crippen LogP contribution in [0.5, 0.6) is 5.75 Å². The molecule has 154 valence electrons. The van der Waals surface area contributed by atoms with Gasteiger partial charge in [0.1, 0.15) is 5.69 Å². The maximum atomic E-state index is 14.0. The molecule has 0 atom stereocenters. The van der Waals surface area contributed by atoms with Crippen molar-refractivity contribution in [2.24, 2.45) is 7.05 Å². The lowest BCUT2D eigenvalue weighted by Crippen LogP contribution is -2.19. The van der Waals surface area contributed by atoms with Crippen LogP contribution in [0, 0.1) is 5.82 Å². The number of aromatic nitrogens is 7. The molecule has 1 aromatic carbocycles. The van der Waals surface area contributed by atoms with Crippen LogP contribution in [0.25, 0.3) is 34.0 Å². The molecule has 8 nitrogen and oxygen atoms in total. The van der Waals surface area contributed by atoms with Gasteiger partial charge in [-0.15, -0.1) is 10.2 Å². The van der Waals surface area contributed by atoms with E-state index in [4.69, 9.17) is 0 Å². The SMILES string of the molecule is Cn1cnc(-c2cc(-c3nn[nH]n3)ccn2)c1-c1ccc(F)c(OCC(F)(F)F)c1. The Morgan fingerprint density at radius 1 is 1.10 bits per heavy atom. The third-order valence-corrected chi connectivity index (χ3v) is 4.14. The number of alkyl halides is 3. The predicted octanol–water partition coefficient (Wildman–Crippen LogP) is 3.41. The van der Waals surface area contributed by atoms with Gasteiger partial charge in [-0.05, 0) is 35.5 Å². The van der Waals surface area contributed by atoms with Gasteiger partial charge in [-0.1, -0.05) is 0 Å². The summed E-state index contributed by atoms with van der Waals surface area (Å²) < 4.78 is 57.6. The van der Waals surface area contributed by atoms with Crippen LogP contribution in [0.15, 0.2) is 42.9 Å². The van der Waals surface area contributed by atoms with Crippen molar-refractivity contribution in [3.63, 3.8) is 0 Å². The fourth-order valence-electron chi connectivity index (χ4n) is 2.86. The first-order valence-electron chi connectivity index (χ1n) is 8.53. The number of H-pyrrole nitrogens is 1. The van der Waals surface area contributed by atoms with Gasteiger partial charge in [0.25, 0.3) is 0 Å². The second-order valence-electron chi connectivity index (χ2n) is 6.27. The van der Waals surface area contributed by atoms with Crippen molar-refractivity contribution in [3.8, 4) is 39.8 Å². The molecule has 0 saturated carbocycles. The number of tetrazole rings is 1. The topological polar surface area (TPSA) is 94.4 Å². The highest BCUT2D eigenvalue weighted by molar-refractivity contribution is 5.79. The number of hydrogen-bond donors (Lipinski definition) is 1. The second-order valence-corrected chi connectivity index (χ2v) is 6.27. The summed E-state index contributed by atoms with van der Waals surface area (Å²) in [5.41, 5.74) is 2.48. The summed E-state index contributed by atoms with van der Waals surface area (Å²) in [5.74, 6) is -1.05. The summed E-state index contributed by atoms with van der Waals surface area (Å²) in [6.07, 6.45) is -1.52. The van der Waals surface area contributed by atoms with E-state index in [1.54, 1.807) is 29.9 Å². The molecule has 30 heavy (non-hydrogen) atoms. The van der Waals surface area contributed by atoms with Crippen molar-refractivity contribution in [2.75, 3.05) is 6.61 Å². The van der Waals surface area contributed by atoms with Crippen LogP contribution >= 0.6 is 0 Å². The first kappa shape index (κ1) is 19.5. The first-order chi connectivity index (χ1) is 14.3. The van der Waals surface area contributed by atoms with Crippen LogP contribution in [-0.4, -0.2) is 47.9 Å². The Morgan fingerprint density at radius 3 is 2.67 bits per heavy atom. The standard InChI is InChI=1S/C18H13F4N7O/c1-29-9-24-15(13-6-11(4-5-23-13)17-25-27-28-26-17)16(29)10-2-3-12(19)14(7-10)30-8-18(20,21)22/h2-7,9H,8H2,1H3,(H,25,26,27,28). The minimum absolute atomic E-state index is 0.362. The van der Waals surface area contributed by atoms with E-state index < -0.39 is 24.3 Å². The summed E-state index contributed by atoms with van der Waals surface area (Å²) in [6, 6.07) is 7.06. The molecule has 0 radical (unpaired) electrons. The lowest BCUT2D eigenvalue weighted by Gasteiger charge is -2.12. The van der Waals surface area contributed by atoms with Crippen LogP contribution in [0.2, 0.25) is 0 Å². The van der Waals surface area contributed by atoms with Gasteiger partial charge in [0, 0.05) is 24.4 Å². The zero-order chi connectivity index (χ0) is 21.3. The van der Waals surface area contributed by atoms with Crippen molar-refractivity contribution in [2.45, 2.75) is 6.18 Å². The Bertz CT molecular complexity index is 1170. The molecule has 3 heterocycles. The summed E-state index contributed by atoms with van der Waals surface area (Å²) in [7, 11) is 1.70. The van der Waals surface area contributed by atoms with Gasteiger partial charge in [-0.25, -0.2) is 9.37 Å². The number of ether oxygens (including phenoxy) is 1. The molecule has 12 heteroatoms. The van der Waals surface area contributed by atoms with Crippen LogP contribution in [0.1, 0.15) is 0 Å². The highest BCUT2D eigenvalue weighted by Gasteiger charge is 2.29. The molecule has 4 rings (SSSR count). The van der Waals surface area contributed by atoms with Gasteiger partial charge >= 0.3 is 6.18 Å². The van der Waals surface area contributed by atoms with Gasteiger partial charge in [-0.2, -0.15) is 18.4 Å². The summed E-state index contributed by atoms with van der Waals surface area (Å²) in [5, 5.41) is 13.7. The maximum absolute atomic E-state index is 14.0. The largest absolute Gasteiger partial charge is 0.481 e. The molecule has 0 aliphatic rings. The number of nitrogens with zero attached hydrogens (tertiary/aromatic N) is 6. The summed E-state index contributed by atoms with van der Waals surface area (Å²) in [4.78, 5) is 8.66. The van der Waals surface area contributed by atoms with Gasteiger partial charge < -0.3 is 9.30 Å². The third kappa shape index (κ3) is 3.97. The Balaban J connectivity index is 1.74. The number of pyridine rings is 1. The molecule has 1 N–H and O–H groups in total. The monoisotopic (exact) mass is 419 g/mol. The van der Waals surface area contributed by atoms with E-state index in [0.717, 1.165) is 6.07 Å². The zero-order valence-electron chi connectivity index (χ0n) is 15.4. The van der Waals surface area contributed by atoms with E-state index >= 15 is 0 Å². The highest BCUT2D eigenvalue weighted by Crippen LogP contribution is 2.34. The van der Waals surface area contributed by atoms with Gasteiger partial charge in [0.2, 0.25) is 5.82 Å². The lowest BCUT2D eigenvalue weighted by molar-refractivity contribution is -0.153. The minimum atomic E-state index is -4.58. The molecule has 0 amide bonds. The minimum Gasteiger partial charge on any atom is -0.481 e. The molecule has 4 aromatic rings. The van der Waals surface area contributed by atoms with E-state index in [2.05, 4.69) is 35.3 Å². The maximum Gasteiger partial charge on any atom is 0.422 e. The Morgan fingerprint density at radius 2 is 1.93 bits per heavy atom. The summed E-state index contributed by atoms with van der Waals surface area (Å²) >= 11 is 0. The van der Waals surface area contributed by atoms with E-state index in [1.807, 2.05) is 0 Å². The molecule has 0 fully saturated rings. The number of nitrogens with one attached hydrogen (secondary N) is 1. The van der Waals surface area contributed by atoms with E-state index in [9.17, 15) is 17.6 Å². The van der Waals surface area contributed by atoms with Crippen LogP contribution in [0.4, 0.5) is 17.6 Å². The van der Waals surface area contributed by atoms with Crippen LogP contribution < -0.4 is 4.74 Å². The van der Waals surface area contributed by atoms with Crippen LogP contribution in [-0.2, 0) is 7.05 Å². The molecule has 0 bridgehead atoms. The summed E-state index contributed by atoms with van der Waals surface area (Å²) in [6.45, 7) is -1.60. The average Bonchev–Trinajstić information content (AvgIpc) is 3.37. The molecule has 0 unspecified atom stereocenters. The highest BCUT2D eigenvalue weighted by atomic mass is 19.4. The Labute approximate surface area is 166 Å². The van der Waals surface area contributed by atoms with Crippen LogP contribution in [0.3, 0.4) is 0 Å². The average molecular weight is 419 g/mol. The van der Waals surface area contributed by atoms with Crippen molar-refractivity contribution in [1.82, 2.24) is 35.2 Å². The number of halogens is 4. The number of hydrogen-bond acceptors (Lipinski definition) is 6. The zero-order valence-corrected chi connectivity index (χ0v) is 15.4. The molecular formula is C18H13F4N7O. The molecule has 3 aromatic heterocycles. The van der Waals surface area contributed by atoms with Crippen molar-refractivity contribution < 1.29 is 22.3 Å². The quantitative estimate of drug-likeness (QED) is 0.498. The van der Waals surface area contributed by atoms with Crippen molar-refractivity contribution in [1.29, 1.82) is 0 Å². The number of benzene rings is 1. The molecule has 0 aliphatic heterocycles. The smallest absolute Gasteiger partial charge is 0.422 e. The normalized spacial score (nSPS) is 11.6. The molecule has 0 saturated heterocycles. The van der Waals surface area contributed by atoms with Gasteiger partial charge in [-0.3, -0.25) is 4.98 Å². The second kappa shape index (κ2) is 7.54. The molecule has 0 spiro atoms. The number of rotatable bonds is 5. The van der Waals surface area contributed by atoms with E-state index in [1.165, 1.54) is 18.5 Å². The first-order valence-corrected chi connectivity index (χ1v) is 8.53.